The van der Waals surface area contributed by atoms with Crippen LogP contribution in [0.3, 0.4) is 0 Å². The lowest BCUT2D eigenvalue weighted by Crippen LogP contribution is -2.25. The third kappa shape index (κ3) is 7.18. The van der Waals surface area contributed by atoms with Gasteiger partial charge in [0, 0.05) is 18.8 Å². The minimum absolute atomic E-state index is 0.746. The van der Waals surface area contributed by atoms with E-state index in [1.807, 2.05) is 12.1 Å². The Hall–Kier alpha value is -1.49. The molecular weight excluding hydrogens is 256 g/mol. The van der Waals surface area contributed by atoms with Crippen molar-refractivity contribution in [2.75, 3.05) is 18.0 Å². The summed E-state index contributed by atoms with van der Waals surface area (Å²) >= 11 is 0. The van der Waals surface area contributed by atoms with Crippen LogP contribution in [-0.2, 0) is 0 Å². The first-order valence-corrected chi connectivity index (χ1v) is 8.57. The van der Waals surface area contributed by atoms with Gasteiger partial charge in [0.05, 0.1) is 11.6 Å². The number of benzene rings is 1. The third-order valence-electron chi connectivity index (χ3n) is 3.92. The zero-order valence-electron chi connectivity index (χ0n) is 13.8. The summed E-state index contributed by atoms with van der Waals surface area (Å²) in [5, 5.41) is 8.90. The Morgan fingerprint density at radius 2 is 1.33 bits per heavy atom. The first kappa shape index (κ1) is 17.6. The second-order valence-corrected chi connectivity index (χ2v) is 5.77. The first-order valence-electron chi connectivity index (χ1n) is 8.57. The molecule has 0 unspecified atom stereocenters. The molecule has 0 bridgehead atoms. The summed E-state index contributed by atoms with van der Waals surface area (Å²) in [5.41, 5.74) is 2.01. The number of hydrogen-bond donors (Lipinski definition) is 0. The van der Waals surface area contributed by atoms with Crippen LogP contribution in [0.15, 0.2) is 24.3 Å². The van der Waals surface area contributed by atoms with E-state index in [1.165, 1.54) is 57.1 Å². The largest absolute Gasteiger partial charge is 0.372 e. The molecule has 1 aromatic carbocycles. The van der Waals surface area contributed by atoms with Crippen molar-refractivity contribution in [3.05, 3.63) is 29.8 Å². The fourth-order valence-electron chi connectivity index (χ4n) is 2.58. The third-order valence-corrected chi connectivity index (χ3v) is 3.92. The van der Waals surface area contributed by atoms with Gasteiger partial charge in [0.15, 0.2) is 0 Å². The second kappa shape index (κ2) is 11.2. The quantitative estimate of drug-likeness (QED) is 0.500. The van der Waals surface area contributed by atoms with E-state index in [1.54, 1.807) is 0 Å². The molecule has 2 nitrogen and oxygen atoms in total. The minimum atomic E-state index is 0.746. The normalized spacial score (nSPS) is 10.3. The number of rotatable bonds is 11. The number of nitriles is 1. The van der Waals surface area contributed by atoms with Crippen molar-refractivity contribution in [3.8, 4) is 6.07 Å². The SMILES string of the molecule is CCCCCCN(CCCCCC)c1ccc(C#N)cc1. The lowest BCUT2D eigenvalue weighted by Gasteiger charge is -2.25. The van der Waals surface area contributed by atoms with Gasteiger partial charge in [-0.05, 0) is 37.1 Å². The highest BCUT2D eigenvalue weighted by molar-refractivity contribution is 5.49. The zero-order valence-corrected chi connectivity index (χ0v) is 13.8. The Kier molecular flexibility index (Phi) is 9.37. The number of anilines is 1. The van der Waals surface area contributed by atoms with Crippen LogP contribution in [0.1, 0.15) is 70.8 Å². The van der Waals surface area contributed by atoms with Crippen LogP contribution in [0, 0.1) is 11.3 Å². The maximum atomic E-state index is 8.90. The van der Waals surface area contributed by atoms with Gasteiger partial charge in [0.1, 0.15) is 0 Å². The Morgan fingerprint density at radius 3 is 1.76 bits per heavy atom. The van der Waals surface area contributed by atoms with Crippen LogP contribution in [0.4, 0.5) is 5.69 Å². The van der Waals surface area contributed by atoms with Crippen molar-refractivity contribution in [1.29, 1.82) is 5.26 Å². The van der Waals surface area contributed by atoms with E-state index in [2.05, 4.69) is 36.9 Å². The molecule has 0 aliphatic rings. The van der Waals surface area contributed by atoms with Crippen LogP contribution in [0.5, 0.6) is 0 Å². The van der Waals surface area contributed by atoms with Gasteiger partial charge in [-0.25, -0.2) is 0 Å². The van der Waals surface area contributed by atoms with Gasteiger partial charge in [0.25, 0.3) is 0 Å². The van der Waals surface area contributed by atoms with Crippen molar-refractivity contribution in [3.63, 3.8) is 0 Å². The highest BCUT2D eigenvalue weighted by atomic mass is 15.1. The molecule has 0 saturated heterocycles. The molecule has 0 N–H and O–H groups in total. The molecule has 0 fully saturated rings. The molecule has 1 rings (SSSR count). The Morgan fingerprint density at radius 1 is 0.810 bits per heavy atom. The molecule has 0 aliphatic heterocycles. The van der Waals surface area contributed by atoms with E-state index in [-0.39, 0.29) is 0 Å². The fraction of sp³-hybridized carbons (Fsp3) is 0.632. The van der Waals surface area contributed by atoms with Gasteiger partial charge in [0.2, 0.25) is 0 Å². The molecule has 0 spiro atoms. The second-order valence-electron chi connectivity index (χ2n) is 5.77. The lowest BCUT2D eigenvalue weighted by molar-refractivity contribution is 0.609. The van der Waals surface area contributed by atoms with E-state index < -0.39 is 0 Å². The van der Waals surface area contributed by atoms with Crippen LogP contribution in [0.25, 0.3) is 0 Å². The first-order chi connectivity index (χ1) is 10.3. The van der Waals surface area contributed by atoms with Gasteiger partial charge >= 0.3 is 0 Å². The van der Waals surface area contributed by atoms with E-state index in [4.69, 9.17) is 5.26 Å². The van der Waals surface area contributed by atoms with Crippen LogP contribution < -0.4 is 4.90 Å². The average molecular weight is 286 g/mol. The van der Waals surface area contributed by atoms with Gasteiger partial charge in [-0.2, -0.15) is 5.26 Å². The van der Waals surface area contributed by atoms with E-state index in [0.29, 0.717) is 0 Å². The molecule has 0 heterocycles. The van der Waals surface area contributed by atoms with E-state index in [9.17, 15) is 0 Å². The summed E-state index contributed by atoms with van der Waals surface area (Å²) in [4.78, 5) is 2.49. The average Bonchev–Trinajstić information content (AvgIpc) is 2.53. The number of hydrogen-bond acceptors (Lipinski definition) is 2. The number of nitrogens with zero attached hydrogens (tertiary/aromatic N) is 2. The van der Waals surface area contributed by atoms with Crippen molar-refractivity contribution in [2.24, 2.45) is 0 Å². The molecule has 1 aromatic rings. The van der Waals surface area contributed by atoms with Gasteiger partial charge < -0.3 is 4.90 Å². The van der Waals surface area contributed by atoms with Crippen LogP contribution in [0.2, 0.25) is 0 Å². The summed E-state index contributed by atoms with van der Waals surface area (Å²) in [7, 11) is 0. The Labute approximate surface area is 130 Å². The van der Waals surface area contributed by atoms with Gasteiger partial charge in [-0.15, -0.1) is 0 Å². The van der Waals surface area contributed by atoms with E-state index >= 15 is 0 Å². The van der Waals surface area contributed by atoms with Gasteiger partial charge in [-0.1, -0.05) is 52.4 Å². The molecule has 21 heavy (non-hydrogen) atoms. The molecule has 0 amide bonds. The molecule has 2 heteroatoms. The predicted molar refractivity (Wildman–Crippen MR) is 91.7 cm³/mol. The smallest absolute Gasteiger partial charge is 0.0991 e. The molecule has 0 radical (unpaired) electrons. The summed E-state index contributed by atoms with van der Waals surface area (Å²) in [6.45, 7) is 6.78. The Bertz CT molecular complexity index is 391. The van der Waals surface area contributed by atoms with Crippen molar-refractivity contribution in [1.82, 2.24) is 0 Å². The summed E-state index contributed by atoms with van der Waals surface area (Å²) in [6.07, 6.45) is 10.4. The van der Waals surface area contributed by atoms with Gasteiger partial charge in [-0.3, -0.25) is 0 Å². The molecule has 0 saturated carbocycles. The highest BCUT2D eigenvalue weighted by Gasteiger charge is 2.06. The molecule has 116 valence electrons. The Balaban J connectivity index is 2.54. The maximum Gasteiger partial charge on any atom is 0.0991 e. The zero-order chi connectivity index (χ0) is 15.3. The molecule has 0 aliphatic carbocycles. The van der Waals surface area contributed by atoms with Crippen molar-refractivity contribution < 1.29 is 0 Å². The highest BCUT2D eigenvalue weighted by Crippen LogP contribution is 2.17. The lowest BCUT2D eigenvalue weighted by atomic mass is 10.1. The summed E-state index contributed by atoms with van der Waals surface area (Å²) < 4.78 is 0. The predicted octanol–water partition coefficient (Wildman–Crippen LogP) is 5.53. The summed E-state index contributed by atoms with van der Waals surface area (Å²) in [6, 6.07) is 10.2. The van der Waals surface area contributed by atoms with Crippen molar-refractivity contribution >= 4 is 5.69 Å². The maximum absolute atomic E-state index is 8.90. The minimum Gasteiger partial charge on any atom is -0.372 e. The summed E-state index contributed by atoms with van der Waals surface area (Å²) in [5.74, 6) is 0. The van der Waals surface area contributed by atoms with Crippen LogP contribution in [-0.4, -0.2) is 13.1 Å². The van der Waals surface area contributed by atoms with Crippen molar-refractivity contribution in [2.45, 2.75) is 65.2 Å². The van der Waals surface area contributed by atoms with E-state index in [0.717, 1.165) is 18.7 Å². The topological polar surface area (TPSA) is 27.0 Å². The molecule has 0 atom stereocenters. The fourth-order valence-corrected chi connectivity index (χ4v) is 2.58. The monoisotopic (exact) mass is 286 g/mol. The standard InChI is InChI=1S/C19H30N2/c1-3-5-7-9-15-21(16-10-8-6-4-2)19-13-11-18(17-20)12-14-19/h11-14H,3-10,15-16H2,1-2H3. The molecular formula is C19H30N2. The molecule has 0 aromatic heterocycles. The van der Waals surface area contributed by atoms with Crippen LogP contribution >= 0.6 is 0 Å². The number of unbranched alkanes of at least 4 members (excludes halogenated alkanes) is 6.